The maximum atomic E-state index is 13.3. The van der Waals surface area contributed by atoms with Crippen molar-refractivity contribution in [2.24, 2.45) is 0 Å². The van der Waals surface area contributed by atoms with Crippen molar-refractivity contribution in [3.05, 3.63) is 66.1 Å². The quantitative estimate of drug-likeness (QED) is 0.237. The standard InChI is InChI=1S/C28H27F3N8O/c1-15(2)38-13-21(28(29,30)31)36-25(38)19-9-5-17(6-10-19)16(3)39-26-20(12-35-39)11-32-24(37-26)22-23(18-7-8-18)33-14-34-27(22)40-4/h5-6,9-16,18H,7-8H2,1-4H3/t16-/m0/s1. The Bertz CT molecular complexity index is 1690. The minimum atomic E-state index is -4.51. The number of hydrogen-bond acceptors (Lipinski definition) is 7. The Balaban J connectivity index is 1.35. The number of halogens is 3. The van der Waals surface area contributed by atoms with Crippen molar-refractivity contribution in [2.75, 3.05) is 7.11 Å². The first-order chi connectivity index (χ1) is 19.2. The van der Waals surface area contributed by atoms with Gasteiger partial charge >= 0.3 is 6.18 Å². The van der Waals surface area contributed by atoms with E-state index >= 15 is 0 Å². The molecule has 0 saturated heterocycles. The average molecular weight is 549 g/mol. The molecule has 5 aromatic rings. The summed E-state index contributed by atoms with van der Waals surface area (Å²) in [6, 6.07) is 6.92. The van der Waals surface area contributed by atoms with Crippen LogP contribution >= 0.6 is 0 Å². The van der Waals surface area contributed by atoms with Crippen LogP contribution in [0.15, 0.2) is 49.2 Å². The Hall–Kier alpha value is -4.35. The molecule has 0 spiro atoms. The molecule has 0 aliphatic heterocycles. The molecule has 1 saturated carbocycles. The number of hydrogen-bond donors (Lipinski definition) is 0. The van der Waals surface area contributed by atoms with E-state index in [0.29, 0.717) is 34.4 Å². The van der Waals surface area contributed by atoms with Crippen LogP contribution in [0.1, 0.15) is 68.6 Å². The van der Waals surface area contributed by atoms with Gasteiger partial charge in [-0.15, -0.1) is 0 Å². The van der Waals surface area contributed by atoms with E-state index in [-0.39, 0.29) is 17.9 Å². The number of alkyl halides is 3. The summed E-state index contributed by atoms with van der Waals surface area (Å²) in [5.41, 5.74) is 2.81. The lowest BCUT2D eigenvalue weighted by Gasteiger charge is -2.16. The summed E-state index contributed by atoms with van der Waals surface area (Å²) < 4.78 is 48.9. The number of methoxy groups -OCH3 is 1. The molecule has 9 nitrogen and oxygen atoms in total. The second kappa shape index (κ2) is 9.68. The summed E-state index contributed by atoms with van der Waals surface area (Å²) in [4.78, 5) is 22.1. The van der Waals surface area contributed by atoms with E-state index in [9.17, 15) is 13.2 Å². The molecule has 1 aromatic carbocycles. The molecule has 0 N–H and O–H groups in total. The minimum Gasteiger partial charge on any atom is -0.480 e. The van der Waals surface area contributed by atoms with Crippen LogP contribution in [0, 0.1) is 0 Å². The van der Waals surface area contributed by atoms with E-state index in [1.807, 2.05) is 32.9 Å². The van der Waals surface area contributed by atoms with Gasteiger partial charge in [0.1, 0.15) is 17.7 Å². The fourth-order valence-corrected chi connectivity index (χ4v) is 4.84. The molecule has 6 rings (SSSR count). The monoisotopic (exact) mass is 548 g/mol. The van der Waals surface area contributed by atoms with Gasteiger partial charge in [-0.05, 0) is 39.2 Å². The Labute approximate surface area is 228 Å². The fourth-order valence-electron chi connectivity index (χ4n) is 4.84. The van der Waals surface area contributed by atoms with Gasteiger partial charge < -0.3 is 9.30 Å². The molecule has 0 unspecified atom stereocenters. The number of rotatable bonds is 7. The van der Waals surface area contributed by atoms with Crippen molar-refractivity contribution in [2.45, 2.75) is 57.8 Å². The molecular weight excluding hydrogens is 521 g/mol. The van der Waals surface area contributed by atoms with Crippen molar-refractivity contribution < 1.29 is 17.9 Å². The summed E-state index contributed by atoms with van der Waals surface area (Å²) in [5, 5.41) is 5.35. The van der Waals surface area contributed by atoms with Crippen molar-refractivity contribution in [3.8, 4) is 28.7 Å². The molecule has 0 bridgehead atoms. The number of aromatic nitrogens is 8. The zero-order valence-corrected chi connectivity index (χ0v) is 22.4. The predicted molar refractivity (Wildman–Crippen MR) is 142 cm³/mol. The average Bonchev–Trinajstić information content (AvgIpc) is 3.53. The second-order valence-corrected chi connectivity index (χ2v) is 10.2. The SMILES string of the molecule is COc1ncnc(C2CC2)c1-c1ncc2cnn([C@@H](C)c3ccc(-c4nc(C(F)(F)F)cn4C(C)C)cc3)c2n1. The van der Waals surface area contributed by atoms with Gasteiger partial charge in [-0.1, -0.05) is 24.3 Å². The van der Waals surface area contributed by atoms with Crippen LogP contribution < -0.4 is 4.74 Å². The van der Waals surface area contributed by atoms with Gasteiger partial charge in [0.15, 0.2) is 17.2 Å². The van der Waals surface area contributed by atoms with Gasteiger partial charge in [0.2, 0.25) is 5.88 Å². The Morgan fingerprint density at radius 1 is 0.975 bits per heavy atom. The largest absolute Gasteiger partial charge is 0.480 e. The van der Waals surface area contributed by atoms with Gasteiger partial charge in [0, 0.05) is 29.9 Å². The van der Waals surface area contributed by atoms with Crippen LogP contribution in [0.2, 0.25) is 0 Å². The Kier molecular flexibility index (Phi) is 6.27. The summed E-state index contributed by atoms with van der Waals surface area (Å²) >= 11 is 0. The molecule has 1 fully saturated rings. The third-order valence-electron chi connectivity index (χ3n) is 7.15. The van der Waals surface area contributed by atoms with Gasteiger partial charge in [-0.25, -0.2) is 29.6 Å². The second-order valence-electron chi connectivity index (χ2n) is 10.2. The Morgan fingerprint density at radius 3 is 2.38 bits per heavy atom. The summed E-state index contributed by atoms with van der Waals surface area (Å²) in [6.07, 6.45) is 3.59. The van der Waals surface area contributed by atoms with E-state index in [1.54, 1.807) is 36.3 Å². The number of benzene rings is 1. The summed E-state index contributed by atoms with van der Waals surface area (Å²) in [5.74, 6) is 1.51. The summed E-state index contributed by atoms with van der Waals surface area (Å²) in [7, 11) is 1.56. The van der Waals surface area contributed by atoms with Crippen LogP contribution in [-0.2, 0) is 6.18 Å². The molecule has 1 aliphatic rings. The van der Waals surface area contributed by atoms with Crippen LogP contribution in [0.5, 0.6) is 5.88 Å². The molecule has 40 heavy (non-hydrogen) atoms. The number of nitrogens with zero attached hydrogens (tertiary/aromatic N) is 8. The highest BCUT2D eigenvalue weighted by molar-refractivity contribution is 5.77. The molecule has 0 radical (unpaired) electrons. The van der Waals surface area contributed by atoms with E-state index in [2.05, 4.69) is 25.0 Å². The molecular formula is C28H27F3N8O. The molecule has 1 atom stereocenters. The van der Waals surface area contributed by atoms with E-state index in [1.165, 1.54) is 10.9 Å². The molecule has 12 heteroatoms. The van der Waals surface area contributed by atoms with Crippen molar-refractivity contribution >= 4 is 11.0 Å². The first-order valence-electron chi connectivity index (χ1n) is 13.0. The smallest absolute Gasteiger partial charge is 0.434 e. The lowest BCUT2D eigenvalue weighted by atomic mass is 10.1. The zero-order chi connectivity index (χ0) is 28.2. The highest BCUT2D eigenvalue weighted by Gasteiger charge is 2.35. The first-order valence-corrected chi connectivity index (χ1v) is 13.0. The molecule has 0 amide bonds. The fraction of sp³-hybridized carbons (Fsp3) is 0.357. The molecule has 1 aliphatic carbocycles. The van der Waals surface area contributed by atoms with E-state index < -0.39 is 11.9 Å². The van der Waals surface area contributed by atoms with Crippen molar-refractivity contribution in [1.82, 2.24) is 39.3 Å². The van der Waals surface area contributed by atoms with Crippen LogP contribution in [0.4, 0.5) is 13.2 Å². The van der Waals surface area contributed by atoms with Crippen molar-refractivity contribution in [1.29, 1.82) is 0 Å². The van der Waals surface area contributed by atoms with Gasteiger partial charge in [-0.2, -0.15) is 18.3 Å². The summed E-state index contributed by atoms with van der Waals surface area (Å²) in [6.45, 7) is 5.64. The highest BCUT2D eigenvalue weighted by atomic mass is 19.4. The van der Waals surface area contributed by atoms with Gasteiger partial charge in [-0.3, -0.25) is 0 Å². The third kappa shape index (κ3) is 4.56. The van der Waals surface area contributed by atoms with Crippen LogP contribution in [-0.4, -0.2) is 46.4 Å². The maximum Gasteiger partial charge on any atom is 0.434 e. The number of ether oxygens (including phenoxy) is 1. The van der Waals surface area contributed by atoms with Gasteiger partial charge in [0.05, 0.1) is 30.4 Å². The lowest BCUT2D eigenvalue weighted by Crippen LogP contribution is -2.10. The van der Waals surface area contributed by atoms with Gasteiger partial charge in [0.25, 0.3) is 0 Å². The highest BCUT2D eigenvalue weighted by Crippen LogP contribution is 2.45. The number of imidazole rings is 1. The molecule has 4 heterocycles. The topological polar surface area (TPSA) is 96.4 Å². The predicted octanol–water partition coefficient (Wildman–Crippen LogP) is 6.24. The Morgan fingerprint density at radius 2 is 1.73 bits per heavy atom. The van der Waals surface area contributed by atoms with E-state index in [4.69, 9.17) is 9.72 Å². The minimum absolute atomic E-state index is 0.185. The molecule has 4 aromatic heterocycles. The third-order valence-corrected chi connectivity index (χ3v) is 7.15. The number of fused-ring (bicyclic) bond motifs is 1. The normalized spacial score (nSPS) is 14.7. The maximum absolute atomic E-state index is 13.3. The first kappa shape index (κ1) is 25.9. The lowest BCUT2D eigenvalue weighted by molar-refractivity contribution is -0.140. The zero-order valence-electron chi connectivity index (χ0n) is 22.4. The van der Waals surface area contributed by atoms with Crippen molar-refractivity contribution in [3.63, 3.8) is 0 Å². The van der Waals surface area contributed by atoms with Crippen LogP contribution in [0.3, 0.4) is 0 Å². The van der Waals surface area contributed by atoms with E-state index in [0.717, 1.165) is 35.7 Å². The molecule has 206 valence electrons. The van der Waals surface area contributed by atoms with Crippen LogP contribution in [0.25, 0.3) is 33.8 Å².